The van der Waals surface area contributed by atoms with Crippen molar-refractivity contribution in [3.63, 3.8) is 0 Å². The second-order valence-electron chi connectivity index (χ2n) is 8.42. The van der Waals surface area contributed by atoms with Gasteiger partial charge >= 0.3 is 6.18 Å². The highest BCUT2D eigenvalue weighted by molar-refractivity contribution is 6.04. The first-order valence-corrected chi connectivity index (χ1v) is 11.2. The number of nitrogens with zero attached hydrogens (tertiary/aromatic N) is 1. The van der Waals surface area contributed by atoms with Crippen molar-refractivity contribution in [2.75, 3.05) is 5.32 Å². The van der Waals surface area contributed by atoms with Crippen LogP contribution in [0.2, 0.25) is 0 Å². The molecule has 1 aromatic heterocycles. The Morgan fingerprint density at radius 1 is 0.806 bits per heavy atom. The minimum absolute atomic E-state index is 0.108. The summed E-state index contributed by atoms with van der Waals surface area (Å²) >= 11 is 0. The van der Waals surface area contributed by atoms with E-state index in [1.54, 1.807) is 66.7 Å². The van der Waals surface area contributed by atoms with E-state index in [9.17, 15) is 22.8 Å². The molecule has 1 saturated carbocycles. The molecule has 36 heavy (non-hydrogen) atoms. The lowest BCUT2D eigenvalue weighted by atomic mass is 10.0. The highest BCUT2D eigenvalue weighted by Gasteiger charge is 2.42. The average Bonchev–Trinajstić information content (AvgIpc) is 3.56. The number of alkyl halides is 3. The monoisotopic (exact) mass is 491 g/mol. The fourth-order valence-corrected chi connectivity index (χ4v) is 3.62. The van der Waals surface area contributed by atoms with E-state index < -0.39 is 23.5 Å². The van der Waals surface area contributed by atoms with E-state index in [1.165, 1.54) is 0 Å². The molecule has 3 aromatic carbocycles. The van der Waals surface area contributed by atoms with Crippen LogP contribution in [0.3, 0.4) is 0 Å². The molecule has 9 heteroatoms. The Balaban J connectivity index is 1.31. The summed E-state index contributed by atoms with van der Waals surface area (Å²) in [5, 5.41) is 5.38. The number of benzene rings is 3. The molecule has 182 valence electrons. The number of amides is 2. The van der Waals surface area contributed by atoms with Gasteiger partial charge in [-0.3, -0.25) is 9.59 Å². The van der Waals surface area contributed by atoms with Crippen molar-refractivity contribution in [2.24, 2.45) is 0 Å². The van der Waals surface area contributed by atoms with Gasteiger partial charge in [-0.15, -0.1) is 0 Å². The minimum atomic E-state index is -4.89. The predicted molar refractivity (Wildman–Crippen MR) is 127 cm³/mol. The average molecular weight is 491 g/mol. The van der Waals surface area contributed by atoms with E-state index in [0.29, 0.717) is 16.8 Å². The molecule has 1 fully saturated rings. The van der Waals surface area contributed by atoms with Gasteiger partial charge in [-0.25, -0.2) is 4.98 Å². The SMILES string of the molecule is O=C(NC1CC1)c1ccc(-c2ccc(NC(=O)c3nc(-c4ccccc4)oc3C(F)(F)F)cc2)cc1. The molecule has 2 amide bonds. The Morgan fingerprint density at radius 3 is 2.00 bits per heavy atom. The van der Waals surface area contributed by atoms with Crippen LogP contribution >= 0.6 is 0 Å². The Labute approximate surface area is 204 Å². The maximum absolute atomic E-state index is 13.5. The number of carbonyl (C=O) groups is 2. The third kappa shape index (κ3) is 5.14. The van der Waals surface area contributed by atoms with E-state index in [1.807, 2.05) is 12.1 Å². The number of aromatic nitrogens is 1. The van der Waals surface area contributed by atoms with Gasteiger partial charge in [0.25, 0.3) is 11.8 Å². The van der Waals surface area contributed by atoms with Crippen LogP contribution in [0.25, 0.3) is 22.6 Å². The zero-order valence-corrected chi connectivity index (χ0v) is 18.8. The summed E-state index contributed by atoms with van der Waals surface area (Å²) < 4.78 is 45.5. The van der Waals surface area contributed by atoms with Crippen molar-refractivity contribution < 1.29 is 27.2 Å². The lowest BCUT2D eigenvalue weighted by Gasteiger charge is -2.08. The smallest absolute Gasteiger partial charge is 0.431 e. The molecule has 0 unspecified atom stereocenters. The first-order chi connectivity index (χ1) is 17.3. The van der Waals surface area contributed by atoms with E-state index in [-0.39, 0.29) is 17.8 Å². The Morgan fingerprint density at radius 2 is 1.42 bits per heavy atom. The number of rotatable bonds is 6. The van der Waals surface area contributed by atoms with E-state index >= 15 is 0 Å². The van der Waals surface area contributed by atoms with Gasteiger partial charge in [0.05, 0.1) is 0 Å². The van der Waals surface area contributed by atoms with E-state index in [0.717, 1.165) is 24.0 Å². The normalized spacial score (nSPS) is 13.3. The van der Waals surface area contributed by atoms with Crippen LogP contribution in [0, 0.1) is 0 Å². The standard InChI is InChI=1S/C27H20F3N3O3/c28-27(29,30)23-22(33-26(36-23)19-4-2-1-3-5-19)25(35)32-20-12-10-17(11-13-20)16-6-8-18(9-7-16)24(34)31-21-14-15-21/h1-13,21H,14-15H2,(H,31,34)(H,32,35). The van der Waals surface area contributed by atoms with Crippen molar-refractivity contribution in [2.45, 2.75) is 25.1 Å². The third-order valence-electron chi connectivity index (χ3n) is 5.66. The largest absolute Gasteiger partial charge is 0.452 e. The lowest BCUT2D eigenvalue weighted by Crippen LogP contribution is -2.25. The van der Waals surface area contributed by atoms with Crippen LogP contribution in [0.4, 0.5) is 18.9 Å². The molecule has 1 heterocycles. The summed E-state index contributed by atoms with van der Waals surface area (Å²) in [6, 6.07) is 22.0. The van der Waals surface area contributed by atoms with E-state index in [4.69, 9.17) is 4.42 Å². The number of carbonyl (C=O) groups excluding carboxylic acids is 2. The van der Waals surface area contributed by atoms with Crippen LogP contribution < -0.4 is 10.6 Å². The van der Waals surface area contributed by atoms with Gasteiger partial charge in [-0.05, 0) is 60.4 Å². The molecule has 1 aliphatic rings. The van der Waals surface area contributed by atoms with Gasteiger partial charge in [0.1, 0.15) is 0 Å². The minimum Gasteiger partial charge on any atom is -0.431 e. The van der Waals surface area contributed by atoms with Crippen LogP contribution in [-0.2, 0) is 6.18 Å². The summed E-state index contributed by atoms with van der Waals surface area (Å²) in [6.45, 7) is 0. The second kappa shape index (κ2) is 9.33. The molecule has 2 N–H and O–H groups in total. The molecule has 0 saturated heterocycles. The number of nitrogens with one attached hydrogen (secondary N) is 2. The van der Waals surface area contributed by atoms with Crippen molar-refractivity contribution in [1.29, 1.82) is 0 Å². The molecule has 0 atom stereocenters. The maximum Gasteiger partial charge on any atom is 0.452 e. The first kappa shape index (κ1) is 23.3. The Kier molecular flexibility index (Phi) is 6.05. The van der Waals surface area contributed by atoms with E-state index in [2.05, 4.69) is 15.6 Å². The number of hydrogen-bond donors (Lipinski definition) is 2. The maximum atomic E-state index is 13.5. The van der Waals surface area contributed by atoms with Crippen LogP contribution in [-0.4, -0.2) is 22.8 Å². The molecular formula is C27H20F3N3O3. The molecule has 0 spiro atoms. The number of anilines is 1. The fraction of sp³-hybridized carbons (Fsp3) is 0.148. The molecule has 6 nitrogen and oxygen atoms in total. The zero-order chi connectivity index (χ0) is 25.3. The summed E-state index contributed by atoms with van der Waals surface area (Å²) in [4.78, 5) is 28.7. The second-order valence-corrected chi connectivity index (χ2v) is 8.42. The predicted octanol–water partition coefficient (Wildman–Crippen LogP) is 6.17. The summed E-state index contributed by atoms with van der Waals surface area (Å²) in [6.07, 6.45) is -2.87. The molecule has 4 aromatic rings. The molecule has 1 aliphatic carbocycles. The fourth-order valence-electron chi connectivity index (χ4n) is 3.62. The topological polar surface area (TPSA) is 84.2 Å². The quantitative estimate of drug-likeness (QED) is 0.338. The molecule has 0 aliphatic heterocycles. The van der Waals surface area contributed by atoms with Gasteiger partial charge in [0, 0.05) is 22.9 Å². The van der Waals surface area contributed by atoms with Crippen LogP contribution in [0.15, 0.2) is 83.3 Å². The molecule has 0 bridgehead atoms. The Bertz CT molecular complexity index is 1390. The van der Waals surface area contributed by atoms with Gasteiger partial charge in [-0.2, -0.15) is 13.2 Å². The van der Waals surface area contributed by atoms with Gasteiger partial charge in [0.15, 0.2) is 5.69 Å². The molecular weight excluding hydrogens is 471 g/mol. The highest BCUT2D eigenvalue weighted by atomic mass is 19.4. The van der Waals surface area contributed by atoms with Crippen LogP contribution in [0.1, 0.15) is 39.4 Å². The van der Waals surface area contributed by atoms with Crippen molar-refractivity contribution in [1.82, 2.24) is 10.3 Å². The molecule has 0 radical (unpaired) electrons. The van der Waals surface area contributed by atoms with Crippen LogP contribution in [0.5, 0.6) is 0 Å². The van der Waals surface area contributed by atoms with Crippen molar-refractivity contribution in [3.8, 4) is 22.6 Å². The van der Waals surface area contributed by atoms with Gasteiger partial charge < -0.3 is 15.1 Å². The lowest BCUT2D eigenvalue weighted by molar-refractivity contribution is -0.153. The number of halogens is 3. The van der Waals surface area contributed by atoms with Crippen molar-refractivity contribution >= 4 is 17.5 Å². The summed E-state index contributed by atoms with van der Waals surface area (Å²) in [5.41, 5.74) is 2.00. The highest BCUT2D eigenvalue weighted by Crippen LogP contribution is 2.35. The Hall–Kier alpha value is -4.40. The first-order valence-electron chi connectivity index (χ1n) is 11.2. The number of hydrogen-bond acceptors (Lipinski definition) is 4. The number of oxazole rings is 1. The van der Waals surface area contributed by atoms with Gasteiger partial charge in [-0.1, -0.05) is 42.5 Å². The van der Waals surface area contributed by atoms with Crippen molar-refractivity contribution in [3.05, 3.63) is 95.9 Å². The van der Waals surface area contributed by atoms with Gasteiger partial charge in [0.2, 0.25) is 11.7 Å². The molecule has 5 rings (SSSR count). The third-order valence-corrected chi connectivity index (χ3v) is 5.66. The summed E-state index contributed by atoms with van der Waals surface area (Å²) in [5.74, 6) is -2.89. The zero-order valence-electron chi connectivity index (χ0n) is 18.8. The summed E-state index contributed by atoms with van der Waals surface area (Å²) in [7, 11) is 0.